The quantitative estimate of drug-likeness (QED) is 0.706. The summed E-state index contributed by atoms with van der Waals surface area (Å²) >= 11 is 0. The molecule has 0 aliphatic heterocycles. The molecule has 1 aliphatic carbocycles. The molecule has 0 aromatic carbocycles. The minimum absolute atomic E-state index is 0.0437. The summed E-state index contributed by atoms with van der Waals surface area (Å²) in [5, 5.41) is 9.35. The highest BCUT2D eigenvalue weighted by atomic mass is 16.5. The van der Waals surface area contributed by atoms with Crippen molar-refractivity contribution in [3.05, 3.63) is 0 Å². The zero-order valence-electron chi connectivity index (χ0n) is 12.9. The molecular weight excluding hydrogens is 258 g/mol. The van der Waals surface area contributed by atoms with E-state index < -0.39 is 11.4 Å². The normalized spacial score (nSPS) is 16.8. The first-order valence-electron chi connectivity index (χ1n) is 7.52. The van der Waals surface area contributed by atoms with E-state index in [1.165, 1.54) is 0 Å². The summed E-state index contributed by atoms with van der Waals surface area (Å²) < 4.78 is 5.07. The molecule has 1 rings (SSSR count). The maximum absolute atomic E-state index is 12.5. The van der Waals surface area contributed by atoms with Crippen molar-refractivity contribution >= 4 is 11.9 Å². The third-order valence-corrected chi connectivity index (χ3v) is 4.49. The largest absolute Gasteiger partial charge is 0.481 e. The van der Waals surface area contributed by atoms with Gasteiger partial charge >= 0.3 is 5.97 Å². The van der Waals surface area contributed by atoms with Gasteiger partial charge in [-0.05, 0) is 25.7 Å². The number of ether oxygens (including phenoxy) is 1. The molecule has 0 unspecified atom stereocenters. The van der Waals surface area contributed by atoms with Gasteiger partial charge in [0.1, 0.15) is 0 Å². The van der Waals surface area contributed by atoms with Crippen LogP contribution in [0.5, 0.6) is 0 Å². The van der Waals surface area contributed by atoms with E-state index in [9.17, 15) is 14.7 Å². The van der Waals surface area contributed by atoms with Gasteiger partial charge in [0.2, 0.25) is 5.91 Å². The van der Waals surface area contributed by atoms with Crippen LogP contribution in [0.4, 0.5) is 0 Å². The second-order valence-electron chi connectivity index (χ2n) is 5.67. The average molecular weight is 285 g/mol. The number of hydrogen-bond acceptors (Lipinski definition) is 3. The molecule has 1 amide bonds. The van der Waals surface area contributed by atoms with Crippen LogP contribution in [-0.2, 0) is 14.3 Å². The summed E-state index contributed by atoms with van der Waals surface area (Å²) in [6, 6.07) is 0.170. The highest BCUT2D eigenvalue weighted by Gasteiger charge is 2.46. The van der Waals surface area contributed by atoms with Crippen molar-refractivity contribution in [2.75, 3.05) is 20.3 Å². The molecular formula is C15H27NO4. The Balaban J connectivity index is 2.74. The summed E-state index contributed by atoms with van der Waals surface area (Å²) in [5.41, 5.74) is -0.811. The predicted molar refractivity (Wildman–Crippen MR) is 76.5 cm³/mol. The first kappa shape index (κ1) is 17.0. The van der Waals surface area contributed by atoms with Crippen molar-refractivity contribution in [1.29, 1.82) is 0 Å². The van der Waals surface area contributed by atoms with E-state index in [-0.39, 0.29) is 18.4 Å². The van der Waals surface area contributed by atoms with E-state index in [2.05, 4.69) is 13.8 Å². The SMILES string of the molecule is CCC(CC)N(CCOC)C(=O)CC1(C(=O)O)CCC1. The lowest BCUT2D eigenvalue weighted by atomic mass is 9.66. The Labute approximate surface area is 121 Å². The second kappa shape index (κ2) is 7.62. The molecule has 0 aromatic rings. The van der Waals surface area contributed by atoms with Crippen molar-refractivity contribution in [3.8, 4) is 0 Å². The van der Waals surface area contributed by atoms with Crippen molar-refractivity contribution in [1.82, 2.24) is 4.90 Å². The van der Waals surface area contributed by atoms with Crippen LogP contribution in [0.2, 0.25) is 0 Å². The molecule has 0 heterocycles. The molecule has 0 spiro atoms. The first-order valence-corrected chi connectivity index (χ1v) is 7.52. The Morgan fingerprint density at radius 3 is 2.25 bits per heavy atom. The molecule has 0 atom stereocenters. The van der Waals surface area contributed by atoms with Crippen LogP contribution >= 0.6 is 0 Å². The van der Waals surface area contributed by atoms with Crippen LogP contribution in [0.15, 0.2) is 0 Å². The van der Waals surface area contributed by atoms with Crippen LogP contribution < -0.4 is 0 Å². The van der Waals surface area contributed by atoms with E-state index in [0.717, 1.165) is 19.3 Å². The number of aliphatic carboxylic acids is 1. The highest BCUT2D eigenvalue weighted by molar-refractivity contribution is 5.85. The average Bonchev–Trinajstić information content (AvgIpc) is 2.38. The number of rotatable bonds is 9. The van der Waals surface area contributed by atoms with Crippen molar-refractivity contribution in [2.45, 2.75) is 58.4 Å². The van der Waals surface area contributed by atoms with E-state index in [0.29, 0.717) is 26.0 Å². The third kappa shape index (κ3) is 3.72. The minimum Gasteiger partial charge on any atom is -0.481 e. The topological polar surface area (TPSA) is 66.8 Å². The molecule has 1 fully saturated rings. The summed E-state index contributed by atoms with van der Waals surface area (Å²) in [6.07, 6.45) is 4.04. The fourth-order valence-electron chi connectivity index (χ4n) is 2.89. The van der Waals surface area contributed by atoms with E-state index in [1.54, 1.807) is 7.11 Å². The Hall–Kier alpha value is -1.10. The Morgan fingerprint density at radius 1 is 1.30 bits per heavy atom. The van der Waals surface area contributed by atoms with Crippen LogP contribution in [0.1, 0.15) is 52.4 Å². The van der Waals surface area contributed by atoms with Gasteiger partial charge in [-0.3, -0.25) is 9.59 Å². The van der Waals surface area contributed by atoms with Gasteiger partial charge in [0.15, 0.2) is 0 Å². The van der Waals surface area contributed by atoms with Gasteiger partial charge in [0, 0.05) is 26.1 Å². The molecule has 20 heavy (non-hydrogen) atoms. The molecule has 116 valence electrons. The Morgan fingerprint density at radius 2 is 1.90 bits per heavy atom. The van der Waals surface area contributed by atoms with Crippen LogP contribution in [-0.4, -0.2) is 48.2 Å². The van der Waals surface area contributed by atoms with Crippen molar-refractivity contribution < 1.29 is 19.4 Å². The number of carboxylic acids is 1. The minimum atomic E-state index is -0.826. The predicted octanol–water partition coefficient (Wildman–Crippen LogP) is 2.29. The number of carbonyl (C=O) groups excluding carboxylic acids is 1. The molecule has 5 heteroatoms. The number of amides is 1. The summed E-state index contributed by atoms with van der Waals surface area (Å²) in [4.78, 5) is 25.7. The van der Waals surface area contributed by atoms with E-state index in [4.69, 9.17) is 4.74 Å². The molecule has 1 aliphatic rings. The molecule has 0 saturated heterocycles. The summed E-state index contributed by atoms with van der Waals surface area (Å²) in [6.45, 7) is 5.13. The highest BCUT2D eigenvalue weighted by Crippen LogP contribution is 2.44. The lowest BCUT2D eigenvalue weighted by Gasteiger charge is -2.40. The maximum Gasteiger partial charge on any atom is 0.310 e. The molecule has 5 nitrogen and oxygen atoms in total. The lowest BCUT2D eigenvalue weighted by molar-refractivity contribution is -0.160. The van der Waals surface area contributed by atoms with Crippen molar-refractivity contribution in [3.63, 3.8) is 0 Å². The van der Waals surface area contributed by atoms with Gasteiger partial charge in [-0.25, -0.2) is 0 Å². The number of hydrogen-bond donors (Lipinski definition) is 1. The summed E-state index contributed by atoms with van der Waals surface area (Å²) in [5.74, 6) is -0.869. The summed E-state index contributed by atoms with van der Waals surface area (Å²) in [7, 11) is 1.61. The smallest absolute Gasteiger partial charge is 0.310 e. The first-order chi connectivity index (χ1) is 9.50. The Kier molecular flexibility index (Phi) is 6.46. The molecule has 0 aromatic heterocycles. The number of carboxylic acid groups (broad SMARTS) is 1. The van der Waals surface area contributed by atoms with Gasteiger partial charge in [-0.1, -0.05) is 20.3 Å². The fraction of sp³-hybridized carbons (Fsp3) is 0.867. The molecule has 1 saturated carbocycles. The standard InChI is InChI=1S/C15H27NO4/c1-4-12(5-2)16(9-10-20-3)13(17)11-15(14(18)19)7-6-8-15/h12H,4-11H2,1-3H3,(H,18,19). The Bertz CT molecular complexity index is 335. The monoisotopic (exact) mass is 285 g/mol. The van der Waals surface area contributed by atoms with Gasteiger partial charge in [0.05, 0.1) is 12.0 Å². The van der Waals surface area contributed by atoms with Gasteiger partial charge in [-0.2, -0.15) is 0 Å². The lowest BCUT2D eigenvalue weighted by Crippen LogP contribution is -2.47. The van der Waals surface area contributed by atoms with Crippen LogP contribution in [0, 0.1) is 5.41 Å². The fourth-order valence-corrected chi connectivity index (χ4v) is 2.89. The van der Waals surface area contributed by atoms with Gasteiger partial charge in [0.25, 0.3) is 0 Å². The van der Waals surface area contributed by atoms with E-state index in [1.807, 2.05) is 4.90 Å². The molecule has 0 radical (unpaired) electrons. The van der Waals surface area contributed by atoms with Crippen LogP contribution in [0.3, 0.4) is 0 Å². The second-order valence-corrected chi connectivity index (χ2v) is 5.67. The van der Waals surface area contributed by atoms with Gasteiger partial charge in [-0.15, -0.1) is 0 Å². The van der Waals surface area contributed by atoms with Crippen molar-refractivity contribution in [2.24, 2.45) is 5.41 Å². The third-order valence-electron chi connectivity index (χ3n) is 4.49. The zero-order chi connectivity index (χ0) is 15.2. The molecule has 1 N–H and O–H groups in total. The zero-order valence-corrected chi connectivity index (χ0v) is 12.9. The number of nitrogens with zero attached hydrogens (tertiary/aromatic N) is 1. The number of carbonyl (C=O) groups is 2. The van der Waals surface area contributed by atoms with Gasteiger partial charge < -0.3 is 14.7 Å². The maximum atomic E-state index is 12.5. The van der Waals surface area contributed by atoms with E-state index >= 15 is 0 Å². The number of methoxy groups -OCH3 is 1. The van der Waals surface area contributed by atoms with Crippen LogP contribution in [0.25, 0.3) is 0 Å². The molecule has 0 bridgehead atoms.